The largest absolute Gasteiger partial charge is 0.507 e. The first-order valence-electron chi connectivity index (χ1n) is 10.5. The van der Waals surface area contributed by atoms with Gasteiger partial charge in [-0.25, -0.2) is 0 Å². The Labute approximate surface area is 201 Å². The number of ether oxygens (including phenoxy) is 3. The van der Waals surface area contributed by atoms with Crippen LogP contribution in [0.4, 0.5) is 0 Å². The molecule has 174 valence electrons. The molecule has 9 heteroatoms. The molecule has 1 N–H and O–H groups in total. The smallest absolute Gasteiger partial charge is 0.331 e. The quantitative estimate of drug-likeness (QED) is 0.390. The van der Waals surface area contributed by atoms with Gasteiger partial charge in [-0.15, -0.1) is 4.98 Å². The number of methoxy groups -OCH3 is 2. The molecule has 1 unspecified atom stereocenters. The lowest BCUT2D eigenvalue weighted by Gasteiger charge is -2.14. The van der Waals surface area contributed by atoms with Gasteiger partial charge in [-0.1, -0.05) is 60.7 Å². The first kappa shape index (κ1) is 23.2. The fourth-order valence-corrected chi connectivity index (χ4v) is 3.40. The van der Waals surface area contributed by atoms with Crippen molar-refractivity contribution >= 4 is 5.97 Å². The van der Waals surface area contributed by atoms with Gasteiger partial charge in [0.05, 0.1) is 20.3 Å². The summed E-state index contributed by atoms with van der Waals surface area (Å²) in [4.78, 5) is 24.2. The fraction of sp³-hybridized carbons (Fsp3) is 0.115. The van der Waals surface area contributed by atoms with Gasteiger partial charge in [-0.3, -0.25) is 4.79 Å². The van der Waals surface area contributed by atoms with Gasteiger partial charge >= 0.3 is 18.0 Å². The van der Waals surface area contributed by atoms with Crippen molar-refractivity contribution in [2.45, 2.75) is 5.92 Å². The van der Waals surface area contributed by atoms with Gasteiger partial charge in [0.2, 0.25) is 5.92 Å². The molecule has 9 nitrogen and oxygen atoms in total. The normalized spacial score (nSPS) is 11.2. The highest BCUT2D eigenvalue weighted by molar-refractivity contribution is 5.84. The van der Waals surface area contributed by atoms with E-state index in [1.807, 2.05) is 66.7 Å². The Hall–Kier alpha value is -4.97. The molecule has 0 amide bonds. The molecule has 0 aliphatic heterocycles. The van der Waals surface area contributed by atoms with Crippen molar-refractivity contribution < 1.29 is 24.1 Å². The number of phenols is 1. The average Bonchev–Trinajstić information content (AvgIpc) is 2.90. The molecular formula is C26H20N4O5. The molecule has 4 aromatic rings. The number of carbonyl (C=O) groups excluding carboxylic acids is 1. The molecule has 0 aliphatic rings. The van der Waals surface area contributed by atoms with E-state index >= 15 is 0 Å². The summed E-state index contributed by atoms with van der Waals surface area (Å²) in [6, 6.07) is 23.5. The maximum atomic E-state index is 12.0. The highest BCUT2D eigenvalue weighted by Gasteiger charge is 2.27. The Morgan fingerprint density at radius 1 is 0.886 bits per heavy atom. The van der Waals surface area contributed by atoms with Crippen molar-refractivity contribution in [2.24, 2.45) is 0 Å². The zero-order valence-corrected chi connectivity index (χ0v) is 18.9. The van der Waals surface area contributed by atoms with Gasteiger partial charge in [0.25, 0.3) is 0 Å². The van der Waals surface area contributed by atoms with Crippen LogP contribution in [0.1, 0.15) is 11.7 Å². The van der Waals surface area contributed by atoms with Gasteiger partial charge in [0, 0.05) is 11.1 Å². The minimum Gasteiger partial charge on any atom is -0.507 e. The van der Waals surface area contributed by atoms with Crippen LogP contribution in [0.25, 0.3) is 22.3 Å². The third kappa shape index (κ3) is 5.02. The van der Waals surface area contributed by atoms with Crippen LogP contribution < -0.4 is 9.47 Å². The highest BCUT2D eigenvalue weighted by Crippen LogP contribution is 2.42. The van der Waals surface area contributed by atoms with Crippen LogP contribution in [0.3, 0.4) is 0 Å². The zero-order chi connectivity index (χ0) is 24.8. The van der Waals surface area contributed by atoms with E-state index in [0.29, 0.717) is 16.9 Å². The van der Waals surface area contributed by atoms with Crippen LogP contribution in [0.2, 0.25) is 0 Å². The Morgan fingerprint density at radius 3 is 1.91 bits per heavy atom. The van der Waals surface area contributed by atoms with Crippen LogP contribution in [-0.2, 0) is 9.53 Å². The average molecular weight is 468 g/mol. The van der Waals surface area contributed by atoms with Crippen molar-refractivity contribution in [3.8, 4) is 51.8 Å². The third-order valence-electron chi connectivity index (χ3n) is 5.08. The number of hydrogen-bond acceptors (Lipinski definition) is 9. The first-order chi connectivity index (χ1) is 17.0. The SMILES string of the molecule is COC(=O)C(C#N)c1nc(OC)nc(Oc2cc(-c3ccccc3)c(O)c(-c3ccccc3)c2)n1. The standard InChI is InChI=1S/C26H20N4O5/c1-33-24(32)21(15-27)23-28-25(34-2)30-26(29-23)35-18-13-19(16-9-5-3-6-10-16)22(31)20(14-18)17-11-7-4-8-12-17/h3-14,21,31H,1-2H3. The van der Waals surface area contributed by atoms with E-state index in [1.165, 1.54) is 7.11 Å². The monoisotopic (exact) mass is 468 g/mol. The summed E-state index contributed by atoms with van der Waals surface area (Å²) >= 11 is 0. The summed E-state index contributed by atoms with van der Waals surface area (Å²) in [7, 11) is 2.50. The van der Waals surface area contributed by atoms with Gasteiger partial charge in [-0.2, -0.15) is 15.2 Å². The van der Waals surface area contributed by atoms with Crippen LogP contribution >= 0.6 is 0 Å². The lowest BCUT2D eigenvalue weighted by molar-refractivity contribution is -0.141. The minimum absolute atomic E-state index is 0.0823. The number of hydrogen-bond donors (Lipinski definition) is 1. The number of esters is 1. The molecule has 0 radical (unpaired) electrons. The van der Waals surface area contributed by atoms with Crippen molar-refractivity contribution in [2.75, 3.05) is 14.2 Å². The number of rotatable bonds is 7. The van der Waals surface area contributed by atoms with Gasteiger partial charge in [0.15, 0.2) is 5.82 Å². The second-order valence-corrected chi connectivity index (χ2v) is 7.25. The predicted molar refractivity (Wildman–Crippen MR) is 126 cm³/mol. The van der Waals surface area contributed by atoms with E-state index in [2.05, 4.69) is 19.7 Å². The van der Waals surface area contributed by atoms with Crippen molar-refractivity contribution in [3.63, 3.8) is 0 Å². The van der Waals surface area contributed by atoms with E-state index in [9.17, 15) is 15.2 Å². The maximum absolute atomic E-state index is 12.0. The van der Waals surface area contributed by atoms with E-state index in [-0.39, 0.29) is 23.6 Å². The first-order valence-corrected chi connectivity index (χ1v) is 10.5. The molecule has 1 heterocycles. The number of benzene rings is 3. The number of phenolic OH excluding ortho intramolecular Hbond substituents is 1. The van der Waals surface area contributed by atoms with Crippen LogP contribution in [0.15, 0.2) is 72.8 Å². The van der Waals surface area contributed by atoms with E-state index in [1.54, 1.807) is 12.1 Å². The van der Waals surface area contributed by atoms with E-state index in [0.717, 1.165) is 18.2 Å². The zero-order valence-electron chi connectivity index (χ0n) is 18.9. The topological polar surface area (TPSA) is 127 Å². The maximum Gasteiger partial charge on any atom is 0.331 e. The van der Waals surface area contributed by atoms with Crippen LogP contribution in [0.5, 0.6) is 23.5 Å². The Balaban J connectivity index is 1.83. The summed E-state index contributed by atoms with van der Waals surface area (Å²) in [6.45, 7) is 0. The minimum atomic E-state index is -1.39. The lowest BCUT2D eigenvalue weighted by Crippen LogP contribution is -2.16. The number of nitrogens with zero attached hydrogens (tertiary/aromatic N) is 4. The Bertz CT molecular complexity index is 1330. The number of nitriles is 1. The molecule has 0 aliphatic carbocycles. The number of carbonyl (C=O) groups is 1. The van der Waals surface area contributed by atoms with Gasteiger partial charge < -0.3 is 19.3 Å². The summed E-state index contributed by atoms with van der Waals surface area (Å²) in [5.41, 5.74) is 2.62. The van der Waals surface area contributed by atoms with Gasteiger partial charge in [0.1, 0.15) is 11.5 Å². The van der Waals surface area contributed by atoms with Crippen molar-refractivity contribution in [1.29, 1.82) is 5.26 Å². The Kier molecular flexibility index (Phi) is 6.83. The molecule has 0 saturated heterocycles. The molecule has 35 heavy (non-hydrogen) atoms. The summed E-state index contributed by atoms with van der Waals surface area (Å²) in [6.07, 6.45) is 0. The molecule has 0 fully saturated rings. The molecule has 4 rings (SSSR count). The van der Waals surface area contributed by atoms with Crippen LogP contribution in [0, 0.1) is 11.3 Å². The lowest BCUT2D eigenvalue weighted by atomic mass is 9.97. The molecule has 3 aromatic carbocycles. The second kappa shape index (κ2) is 10.3. The van der Waals surface area contributed by atoms with Crippen molar-refractivity contribution in [3.05, 3.63) is 78.6 Å². The van der Waals surface area contributed by atoms with Crippen molar-refractivity contribution in [1.82, 2.24) is 15.0 Å². The highest BCUT2D eigenvalue weighted by atomic mass is 16.5. The molecule has 0 bridgehead atoms. The molecule has 0 spiro atoms. The predicted octanol–water partition coefficient (Wildman–Crippen LogP) is 4.49. The van der Waals surface area contributed by atoms with E-state index < -0.39 is 11.9 Å². The van der Waals surface area contributed by atoms with Gasteiger partial charge in [-0.05, 0) is 23.3 Å². The van der Waals surface area contributed by atoms with Crippen LogP contribution in [-0.4, -0.2) is 40.2 Å². The molecule has 0 saturated carbocycles. The summed E-state index contributed by atoms with van der Waals surface area (Å²) in [5.74, 6) is -2.00. The second-order valence-electron chi connectivity index (χ2n) is 7.25. The summed E-state index contributed by atoms with van der Waals surface area (Å²) in [5, 5.41) is 20.5. The fourth-order valence-electron chi connectivity index (χ4n) is 3.40. The molecule has 1 atom stereocenters. The third-order valence-corrected chi connectivity index (χ3v) is 5.08. The summed E-state index contributed by atoms with van der Waals surface area (Å²) < 4.78 is 15.7. The molecular weight excluding hydrogens is 448 g/mol. The molecule has 1 aromatic heterocycles. The number of aromatic hydroxyl groups is 1. The number of aromatic nitrogens is 3. The Morgan fingerprint density at radius 2 is 1.43 bits per heavy atom. The van der Waals surface area contributed by atoms with E-state index in [4.69, 9.17) is 9.47 Å².